The maximum atomic E-state index is 13.6. The number of carbonyl (C=O) groups is 1. The van der Waals surface area contributed by atoms with E-state index in [1.54, 1.807) is 43.6 Å². The van der Waals surface area contributed by atoms with Crippen LogP contribution >= 0.6 is 0 Å². The van der Waals surface area contributed by atoms with E-state index in [0.29, 0.717) is 29.9 Å². The van der Waals surface area contributed by atoms with Gasteiger partial charge in [0.15, 0.2) is 6.29 Å². The third kappa shape index (κ3) is 12.3. The summed E-state index contributed by atoms with van der Waals surface area (Å²) in [4.78, 5) is 20.1. The molecule has 2 aromatic carbocycles. The molecule has 0 radical (unpaired) electrons. The van der Waals surface area contributed by atoms with Crippen LogP contribution in [0.2, 0.25) is 26.2 Å². The molecule has 3 fully saturated rings. The first kappa shape index (κ1) is 44.9. The number of aldehydes is 1. The Balaban J connectivity index is 0.000000191. The summed E-state index contributed by atoms with van der Waals surface area (Å²) in [6, 6.07) is 13.3. The largest absolute Gasteiger partial charge is 1.00 e. The molecule has 1 atom stereocenters. The number of halogens is 3. The molecule has 3 aliphatic rings. The van der Waals surface area contributed by atoms with E-state index in [2.05, 4.69) is 61.1 Å². The molecule has 1 saturated heterocycles. The maximum Gasteiger partial charge on any atom is 1.00 e. The molecule has 4 aromatic heterocycles. The molecular formula is C39H46CsF3N8O3Si. The van der Waals surface area contributed by atoms with Crippen molar-refractivity contribution < 1.29 is 97.0 Å². The molecule has 9 rings (SSSR count). The Kier molecular flexibility index (Phi) is 16.4. The van der Waals surface area contributed by atoms with Gasteiger partial charge in [0.25, 0.3) is 0 Å². The summed E-state index contributed by atoms with van der Waals surface area (Å²) < 4.78 is 36.2. The average molecular weight is 893 g/mol. The van der Waals surface area contributed by atoms with Gasteiger partial charge in [-0.25, -0.2) is 18.7 Å². The first-order valence-corrected chi connectivity index (χ1v) is 22.1. The number of nitrogens with zero attached hydrogens (tertiary/aromatic N) is 8. The maximum absolute atomic E-state index is 13.6. The zero-order valence-electron chi connectivity index (χ0n) is 32.2. The number of rotatable bonds is 6. The molecular weight excluding hydrogens is 846 g/mol. The average Bonchev–Trinajstić information content (AvgIpc) is 4.01. The first-order chi connectivity index (χ1) is 25.4. The Labute approximate surface area is 378 Å². The van der Waals surface area contributed by atoms with Crippen LogP contribution in [0.1, 0.15) is 79.8 Å². The fourth-order valence-corrected chi connectivity index (χ4v) is 5.73. The van der Waals surface area contributed by atoms with Gasteiger partial charge in [-0.3, -0.25) is 4.79 Å². The molecule has 0 bridgehead atoms. The van der Waals surface area contributed by atoms with Crippen molar-refractivity contribution in [2.75, 3.05) is 13.2 Å². The molecule has 2 saturated carbocycles. The Morgan fingerprint density at radius 1 is 0.782 bits per heavy atom. The van der Waals surface area contributed by atoms with E-state index in [-0.39, 0.29) is 90.9 Å². The molecule has 1 aliphatic heterocycles. The number of hydrogen-bond donors (Lipinski definition) is 1. The van der Waals surface area contributed by atoms with Crippen molar-refractivity contribution in [2.45, 2.75) is 89.8 Å². The third-order valence-corrected chi connectivity index (χ3v) is 8.37. The quantitative estimate of drug-likeness (QED) is 0.198. The van der Waals surface area contributed by atoms with Crippen LogP contribution in [0.4, 0.5) is 8.78 Å². The van der Waals surface area contributed by atoms with E-state index in [9.17, 15) is 18.7 Å². The van der Waals surface area contributed by atoms with Gasteiger partial charge in [0.1, 0.15) is 29.0 Å². The molecule has 2 aliphatic carbocycles. The number of fused-ring (bicyclic) bond motifs is 2. The van der Waals surface area contributed by atoms with Gasteiger partial charge in [0, 0.05) is 44.5 Å². The predicted molar refractivity (Wildman–Crippen MR) is 203 cm³/mol. The van der Waals surface area contributed by atoms with E-state index in [1.807, 2.05) is 4.57 Å². The number of hydrogen-bond acceptors (Lipinski definition) is 9. The predicted octanol–water partition coefficient (Wildman–Crippen LogP) is 2.56. The normalized spacial score (nSPS) is 15.3. The summed E-state index contributed by atoms with van der Waals surface area (Å²) in [5.74, 6) is 0.909. The number of aliphatic hydroxyl groups is 1. The molecule has 1 N–H and O–H groups in total. The summed E-state index contributed by atoms with van der Waals surface area (Å²) >= 11 is 0. The van der Waals surface area contributed by atoms with Crippen molar-refractivity contribution in [3.63, 3.8) is 0 Å². The second-order valence-corrected chi connectivity index (χ2v) is 21.2. The molecule has 55 heavy (non-hydrogen) atoms. The summed E-state index contributed by atoms with van der Waals surface area (Å²) in [5, 5.41) is 25.1. The fourth-order valence-electron chi connectivity index (χ4n) is 5.73. The van der Waals surface area contributed by atoms with Crippen LogP contribution < -0.4 is 73.6 Å². The summed E-state index contributed by atoms with van der Waals surface area (Å²) in [6.07, 6.45) is 9.95. The van der Waals surface area contributed by atoms with Crippen LogP contribution in [0.25, 0.3) is 44.8 Å². The van der Waals surface area contributed by atoms with E-state index in [1.165, 1.54) is 37.1 Å². The van der Waals surface area contributed by atoms with E-state index in [0.717, 1.165) is 77.9 Å². The fraction of sp³-hybridized carbons (Fsp3) is 0.410. The number of aliphatic hydroxyl groups excluding tert-OH is 1. The van der Waals surface area contributed by atoms with Gasteiger partial charge in [-0.05, 0) is 94.0 Å². The second-order valence-electron chi connectivity index (χ2n) is 15.2. The molecule has 0 amide bonds. The molecule has 16 heteroatoms. The Morgan fingerprint density at radius 2 is 1.24 bits per heavy atom. The van der Waals surface area contributed by atoms with Gasteiger partial charge in [0.2, 0.25) is 0 Å². The first-order valence-electron chi connectivity index (χ1n) is 18.1. The monoisotopic (exact) mass is 892 g/mol. The Morgan fingerprint density at radius 3 is 1.64 bits per heavy atom. The number of benzene rings is 2. The second kappa shape index (κ2) is 20.1. The minimum atomic E-state index is -0.691. The van der Waals surface area contributed by atoms with Crippen LogP contribution in [0.3, 0.4) is 0 Å². The van der Waals surface area contributed by atoms with Gasteiger partial charge in [0.05, 0.1) is 46.3 Å². The van der Waals surface area contributed by atoms with Crippen molar-refractivity contribution >= 4 is 36.4 Å². The SMILES string of the molecule is C1CCOC1.CC(O)c1cc(-c2nc3ccc(F)cc3n2C2CC2)cnn1.C[Si](C)(C)C.O=Cc1cc(-c2nc3ccc(F)cc3n2C2CC2)cnn1.[Cs+].[F-]. The minimum Gasteiger partial charge on any atom is -1.00 e. The van der Waals surface area contributed by atoms with Crippen LogP contribution in [0.15, 0.2) is 60.9 Å². The van der Waals surface area contributed by atoms with Crippen molar-refractivity contribution in [2.24, 2.45) is 0 Å². The van der Waals surface area contributed by atoms with Crippen LogP contribution in [0, 0.1) is 11.6 Å². The van der Waals surface area contributed by atoms with E-state index >= 15 is 0 Å². The van der Waals surface area contributed by atoms with Crippen LogP contribution in [-0.2, 0) is 4.74 Å². The standard InChI is InChI=1S/C16H15FN4O.C15H11FN4O.C4H8O.C4H12Si.Cs.FH/c1-9(22)14-6-10(8-18-20-14)16-19-13-5-2-11(17)7-15(13)21(16)12-3-4-12;16-10-1-4-13-14(6-10)20(12-2-3-12)15(18-13)9-5-11(8-21)19-17-7-9;1-2-4-5-3-1;1-5(2,3)4;;/h2,5-9,12,22H,3-4H2,1H3;1,4-8,12H,2-3H2;1-4H2;1-4H3;;1H/q;;;;+1;/p-1. The number of ether oxygens (including phenoxy) is 1. The van der Waals surface area contributed by atoms with Crippen molar-refractivity contribution in [3.8, 4) is 22.8 Å². The number of aromatic nitrogens is 8. The summed E-state index contributed by atoms with van der Waals surface area (Å²) in [7, 11) is -0.611. The van der Waals surface area contributed by atoms with Gasteiger partial charge in [-0.2, -0.15) is 15.3 Å². The minimum absolute atomic E-state index is 0. The van der Waals surface area contributed by atoms with Crippen LogP contribution in [0.5, 0.6) is 0 Å². The van der Waals surface area contributed by atoms with Crippen molar-refractivity contribution in [1.29, 1.82) is 0 Å². The zero-order chi connectivity index (χ0) is 37.7. The van der Waals surface area contributed by atoms with Gasteiger partial charge < -0.3 is 23.7 Å². The molecule has 286 valence electrons. The summed E-state index contributed by atoms with van der Waals surface area (Å²) in [5.41, 5.74) is 5.34. The van der Waals surface area contributed by atoms with Crippen LogP contribution in [-0.4, -0.2) is 72.2 Å². The molecule has 1 unspecified atom stereocenters. The third-order valence-electron chi connectivity index (χ3n) is 8.37. The van der Waals surface area contributed by atoms with Crippen molar-refractivity contribution in [1.82, 2.24) is 39.5 Å². The molecule has 11 nitrogen and oxygen atoms in total. The Bertz CT molecular complexity index is 2190. The van der Waals surface area contributed by atoms with Gasteiger partial charge in [-0.1, -0.05) is 26.2 Å². The Hall–Kier alpha value is -2.81. The van der Waals surface area contributed by atoms with Crippen molar-refractivity contribution in [3.05, 3.63) is 83.9 Å². The van der Waals surface area contributed by atoms with E-state index in [4.69, 9.17) is 4.74 Å². The number of imidazole rings is 2. The molecule has 0 spiro atoms. The van der Waals surface area contributed by atoms with E-state index < -0.39 is 14.2 Å². The van der Waals surface area contributed by atoms with Gasteiger partial charge in [-0.15, -0.1) is 5.10 Å². The molecule has 6 aromatic rings. The topological polar surface area (TPSA) is 134 Å². The zero-order valence-corrected chi connectivity index (χ0v) is 39.5. The van der Waals surface area contributed by atoms with Gasteiger partial charge >= 0.3 is 68.9 Å². The summed E-state index contributed by atoms with van der Waals surface area (Å²) in [6.45, 7) is 13.0. The smallest absolute Gasteiger partial charge is 1.00 e. The number of carbonyl (C=O) groups excluding carboxylic acids is 1. The molecule has 5 heterocycles.